The van der Waals surface area contributed by atoms with E-state index in [0.29, 0.717) is 30.4 Å². The first kappa shape index (κ1) is 31.0. The Hall–Kier alpha value is -2.99. The second-order valence-corrected chi connectivity index (χ2v) is 12.3. The Balaban J connectivity index is 1.50. The number of carbonyl (C=O) groups is 1. The summed E-state index contributed by atoms with van der Waals surface area (Å²) in [5.74, 6) is -2.36. The number of pyridine rings is 2. The van der Waals surface area contributed by atoms with Crippen LogP contribution in [0.15, 0.2) is 54.1 Å². The van der Waals surface area contributed by atoms with E-state index in [-0.39, 0.29) is 33.6 Å². The summed E-state index contributed by atoms with van der Waals surface area (Å²) in [7, 11) is 1.35. The lowest BCUT2D eigenvalue weighted by Crippen LogP contribution is -2.32. The summed E-state index contributed by atoms with van der Waals surface area (Å²) in [6.07, 6.45) is -2.89. The Kier molecular flexibility index (Phi) is 9.42. The minimum Gasteiger partial charge on any atom is -0.352 e. The number of nitrogens with one attached hydrogen (secondary N) is 1. The molecule has 1 aliphatic rings. The van der Waals surface area contributed by atoms with E-state index >= 15 is 0 Å². The molecule has 3 heterocycles. The monoisotopic (exact) mass is 617 g/mol. The predicted octanol–water partition coefficient (Wildman–Crippen LogP) is 5.44. The van der Waals surface area contributed by atoms with Crippen molar-refractivity contribution in [1.29, 1.82) is 0 Å². The van der Waals surface area contributed by atoms with E-state index < -0.39 is 52.9 Å². The van der Waals surface area contributed by atoms with Crippen molar-refractivity contribution in [3.63, 3.8) is 0 Å². The number of hydrogen-bond donors (Lipinski definition) is 1. The molecule has 3 aromatic rings. The van der Waals surface area contributed by atoms with Gasteiger partial charge in [0, 0.05) is 54.3 Å². The second kappa shape index (κ2) is 12.5. The first-order chi connectivity index (χ1) is 19.3. The minimum absolute atomic E-state index is 0.00983. The van der Waals surface area contributed by atoms with Crippen molar-refractivity contribution in [1.82, 2.24) is 25.3 Å². The summed E-state index contributed by atoms with van der Waals surface area (Å²) in [6, 6.07) is 4.49. The Morgan fingerprint density at radius 1 is 1.05 bits per heavy atom. The van der Waals surface area contributed by atoms with Crippen LogP contribution in [-0.2, 0) is 34.5 Å². The number of nitrogens with zero attached hydrogens (tertiary/aromatic N) is 4. The highest BCUT2D eigenvalue weighted by Crippen LogP contribution is 2.37. The molecule has 0 bridgehead atoms. The van der Waals surface area contributed by atoms with E-state index in [1.165, 1.54) is 0 Å². The van der Waals surface area contributed by atoms with Gasteiger partial charge in [-0.15, -0.1) is 9.24 Å². The van der Waals surface area contributed by atoms with E-state index in [9.17, 15) is 35.3 Å². The quantitative estimate of drug-likeness (QED) is 0.225. The summed E-state index contributed by atoms with van der Waals surface area (Å²) < 4.78 is 92.7. The third kappa shape index (κ3) is 7.45. The average molecular weight is 618 g/mol. The molecule has 15 heteroatoms. The van der Waals surface area contributed by atoms with Crippen LogP contribution in [0, 0.1) is 11.8 Å². The van der Waals surface area contributed by atoms with Crippen molar-refractivity contribution in [2.75, 3.05) is 0 Å². The lowest BCUT2D eigenvalue weighted by Gasteiger charge is -2.25. The van der Waals surface area contributed by atoms with Crippen molar-refractivity contribution in [3.8, 4) is 11.3 Å². The molecular formula is C26H26F6N5O2PS. The highest BCUT2D eigenvalue weighted by atomic mass is 32.2. The highest BCUT2D eigenvalue weighted by molar-refractivity contribution is 7.85. The van der Waals surface area contributed by atoms with Crippen LogP contribution in [0.4, 0.5) is 26.3 Å². The fraction of sp³-hybridized carbons (Fsp3) is 0.423. The Bertz CT molecular complexity index is 1390. The number of alkyl halides is 6. The normalized spacial score (nSPS) is 22.5. The van der Waals surface area contributed by atoms with Gasteiger partial charge in [-0.1, -0.05) is 6.92 Å². The van der Waals surface area contributed by atoms with Gasteiger partial charge in [-0.25, -0.2) is 9.97 Å². The third-order valence-corrected chi connectivity index (χ3v) is 9.88. The van der Waals surface area contributed by atoms with Gasteiger partial charge in [0.2, 0.25) is 11.7 Å². The molecule has 1 amide bonds. The molecule has 1 saturated carbocycles. The maximum absolute atomic E-state index is 13.7. The molecule has 0 aromatic carbocycles. The van der Waals surface area contributed by atoms with Crippen LogP contribution in [0.3, 0.4) is 0 Å². The van der Waals surface area contributed by atoms with Gasteiger partial charge in [-0.2, -0.15) is 26.3 Å². The predicted molar refractivity (Wildman–Crippen MR) is 142 cm³/mol. The highest BCUT2D eigenvalue weighted by Gasteiger charge is 2.38. The van der Waals surface area contributed by atoms with Crippen molar-refractivity contribution in [2.45, 2.75) is 60.9 Å². The fourth-order valence-corrected chi connectivity index (χ4v) is 7.16. The SMILES string of the molecule is C[C@@H]1C(S(=O)c2cccnc2)CC[C@H](C(=O)NCc2cc(-c3cnc(C(F)(F)F)nc3)ncc2C(F)(F)F)C[C@H]1P. The van der Waals surface area contributed by atoms with E-state index in [1.807, 2.05) is 6.92 Å². The molecule has 0 spiro atoms. The van der Waals surface area contributed by atoms with Crippen LogP contribution in [0.2, 0.25) is 0 Å². The molecule has 3 unspecified atom stereocenters. The summed E-state index contributed by atoms with van der Waals surface area (Å²) in [5, 5.41) is 2.35. The van der Waals surface area contributed by atoms with E-state index in [0.717, 1.165) is 18.5 Å². The van der Waals surface area contributed by atoms with Crippen LogP contribution < -0.4 is 5.32 Å². The molecule has 1 fully saturated rings. The molecule has 0 saturated heterocycles. The largest absolute Gasteiger partial charge is 0.451 e. The molecule has 220 valence electrons. The minimum atomic E-state index is -4.78. The van der Waals surface area contributed by atoms with Gasteiger partial charge in [0.15, 0.2) is 0 Å². The molecule has 0 radical (unpaired) electrons. The third-order valence-electron chi connectivity index (χ3n) is 7.08. The smallest absolute Gasteiger partial charge is 0.352 e. The van der Waals surface area contributed by atoms with E-state index in [4.69, 9.17) is 0 Å². The van der Waals surface area contributed by atoms with Crippen LogP contribution in [0.5, 0.6) is 0 Å². The maximum atomic E-state index is 13.7. The van der Waals surface area contributed by atoms with Crippen molar-refractivity contribution >= 4 is 25.9 Å². The number of rotatable bonds is 6. The Labute approximate surface area is 236 Å². The van der Waals surface area contributed by atoms with Crippen molar-refractivity contribution in [3.05, 3.63) is 66.1 Å². The zero-order valence-electron chi connectivity index (χ0n) is 21.6. The van der Waals surface area contributed by atoms with Crippen LogP contribution in [0.25, 0.3) is 11.3 Å². The van der Waals surface area contributed by atoms with Crippen LogP contribution >= 0.6 is 9.24 Å². The fourth-order valence-electron chi connectivity index (χ4n) is 4.74. The van der Waals surface area contributed by atoms with Crippen molar-refractivity contribution in [2.24, 2.45) is 11.8 Å². The number of carbonyl (C=O) groups excluding carboxylic acids is 1. The number of amides is 1. The molecule has 7 nitrogen and oxygen atoms in total. The van der Waals surface area contributed by atoms with Gasteiger partial charge in [-0.3, -0.25) is 19.0 Å². The van der Waals surface area contributed by atoms with Gasteiger partial charge >= 0.3 is 12.4 Å². The lowest BCUT2D eigenvalue weighted by atomic mass is 9.97. The second-order valence-electron chi connectivity index (χ2n) is 9.79. The van der Waals surface area contributed by atoms with Crippen LogP contribution in [-0.4, -0.2) is 41.0 Å². The number of hydrogen-bond acceptors (Lipinski definition) is 6. The molecule has 3 aromatic heterocycles. The first-order valence-corrected chi connectivity index (χ1v) is 14.4. The maximum Gasteiger partial charge on any atom is 0.451 e. The molecule has 0 aliphatic heterocycles. The van der Waals surface area contributed by atoms with Gasteiger partial charge in [0.05, 0.1) is 27.0 Å². The van der Waals surface area contributed by atoms with E-state index in [2.05, 4.69) is 34.5 Å². The topological polar surface area (TPSA) is 97.7 Å². The average Bonchev–Trinajstić information content (AvgIpc) is 3.08. The number of halogens is 6. The van der Waals surface area contributed by atoms with Gasteiger partial charge in [0.1, 0.15) is 0 Å². The molecule has 1 N–H and O–H groups in total. The van der Waals surface area contributed by atoms with Gasteiger partial charge in [-0.05, 0) is 54.6 Å². The van der Waals surface area contributed by atoms with Crippen LogP contribution in [0.1, 0.15) is 43.1 Å². The number of aromatic nitrogens is 4. The Morgan fingerprint density at radius 2 is 1.76 bits per heavy atom. The van der Waals surface area contributed by atoms with Gasteiger partial charge < -0.3 is 5.32 Å². The molecule has 4 rings (SSSR count). The zero-order chi connectivity index (χ0) is 29.9. The molecule has 41 heavy (non-hydrogen) atoms. The molecule has 6 atom stereocenters. The molecule has 1 aliphatic carbocycles. The van der Waals surface area contributed by atoms with E-state index in [1.54, 1.807) is 24.5 Å². The van der Waals surface area contributed by atoms with Crippen molar-refractivity contribution < 1.29 is 35.3 Å². The summed E-state index contributed by atoms with van der Waals surface area (Å²) >= 11 is 0. The van der Waals surface area contributed by atoms with Gasteiger partial charge in [0.25, 0.3) is 0 Å². The standard InChI is InChI=1S/C26H26F6N5O2PS/c1-14-21(40)8-15(4-5-22(14)41(39)18-3-2-6-33-12-18)23(38)35-9-16-7-20(34-13-19(16)25(27,28)29)17-10-36-24(37-11-17)26(30,31)32/h2-3,6-7,10-15,21-22H,4-5,8-9,40H2,1H3,(H,35,38)/t14-,15-,21+,22?,41?/m0/s1. The summed E-state index contributed by atoms with van der Waals surface area (Å²) in [4.78, 5) is 28.0. The molecular weight excluding hydrogens is 591 g/mol. The first-order valence-electron chi connectivity index (χ1n) is 12.5. The Morgan fingerprint density at radius 3 is 2.37 bits per heavy atom. The lowest BCUT2D eigenvalue weighted by molar-refractivity contribution is -0.145. The summed E-state index contributed by atoms with van der Waals surface area (Å²) in [5.41, 5.74) is -1.55. The summed E-state index contributed by atoms with van der Waals surface area (Å²) in [6.45, 7) is 1.49. The zero-order valence-corrected chi connectivity index (χ0v) is 23.6.